The summed E-state index contributed by atoms with van der Waals surface area (Å²) in [4.78, 5) is 19.3. The van der Waals surface area contributed by atoms with Crippen molar-refractivity contribution in [3.63, 3.8) is 0 Å². The Bertz CT molecular complexity index is 789. The second-order valence-electron chi connectivity index (χ2n) is 4.81. The van der Waals surface area contributed by atoms with Crippen LogP contribution in [0.4, 0.5) is 5.13 Å². The average Bonchev–Trinajstić information content (AvgIpc) is 3.02. The standard InChI is InChI=1S/C13H11N5OS/c19-11(8-3-4-9-10(5-8)15-6-14-9)16-13-18-17-12(20-13)7-1-2-7/h3-7H,1-2H2,(H,14,15)(H,16,18,19). The number of carbonyl (C=O) groups is 1. The Morgan fingerprint density at radius 1 is 1.35 bits per heavy atom. The molecule has 100 valence electrons. The van der Waals surface area contributed by atoms with Crippen molar-refractivity contribution < 1.29 is 4.79 Å². The van der Waals surface area contributed by atoms with Crippen molar-refractivity contribution in [3.05, 3.63) is 35.1 Å². The van der Waals surface area contributed by atoms with Crippen LogP contribution in [0.2, 0.25) is 0 Å². The number of H-pyrrole nitrogens is 1. The normalized spacial score (nSPS) is 14.6. The molecule has 1 aromatic carbocycles. The van der Waals surface area contributed by atoms with E-state index in [1.165, 1.54) is 24.2 Å². The number of imidazole rings is 1. The molecule has 0 aliphatic heterocycles. The van der Waals surface area contributed by atoms with Gasteiger partial charge in [-0.2, -0.15) is 0 Å². The van der Waals surface area contributed by atoms with Gasteiger partial charge in [-0.25, -0.2) is 4.98 Å². The van der Waals surface area contributed by atoms with Crippen LogP contribution in [0.25, 0.3) is 11.0 Å². The molecular formula is C13H11N5OS. The van der Waals surface area contributed by atoms with Gasteiger partial charge in [0.1, 0.15) is 5.01 Å². The first-order chi connectivity index (χ1) is 9.79. The highest BCUT2D eigenvalue weighted by molar-refractivity contribution is 7.15. The molecule has 7 heteroatoms. The predicted octanol–water partition coefficient (Wildman–Crippen LogP) is 2.54. The summed E-state index contributed by atoms with van der Waals surface area (Å²) in [7, 11) is 0. The highest BCUT2D eigenvalue weighted by Gasteiger charge is 2.27. The maximum absolute atomic E-state index is 12.2. The van der Waals surface area contributed by atoms with E-state index in [0.29, 0.717) is 16.6 Å². The zero-order valence-corrected chi connectivity index (χ0v) is 11.3. The molecule has 0 atom stereocenters. The summed E-state index contributed by atoms with van der Waals surface area (Å²) in [6.45, 7) is 0. The lowest BCUT2D eigenvalue weighted by atomic mass is 10.2. The van der Waals surface area contributed by atoms with Crippen LogP contribution in [-0.4, -0.2) is 26.1 Å². The maximum Gasteiger partial charge on any atom is 0.257 e. The number of rotatable bonds is 3. The van der Waals surface area contributed by atoms with Gasteiger partial charge in [0.05, 0.1) is 17.4 Å². The molecule has 0 saturated heterocycles. The van der Waals surface area contributed by atoms with Crippen LogP contribution in [0.3, 0.4) is 0 Å². The molecule has 6 nitrogen and oxygen atoms in total. The second kappa shape index (κ2) is 4.38. The average molecular weight is 285 g/mol. The number of hydrogen-bond donors (Lipinski definition) is 2. The highest BCUT2D eigenvalue weighted by atomic mass is 32.1. The van der Waals surface area contributed by atoms with E-state index in [1.807, 2.05) is 6.07 Å². The Kier molecular flexibility index (Phi) is 2.53. The van der Waals surface area contributed by atoms with Gasteiger partial charge in [-0.3, -0.25) is 10.1 Å². The minimum absolute atomic E-state index is 0.187. The Morgan fingerprint density at radius 3 is 3.10 bits per heavy atom. The molecule has 0 radical (unpaired) electrons. The van der Waals surface area contributed by atoms with Gasteiger partial charge in [-0.05, 0) is 31.0 Å². The molecule has 1 fully saturated rings. The predicted molar refractivity (Wildman–Crippen MR) is 75.9 cm³/mol. The van der Waals surface area contributed by atoms with Gasteiger partial charge < -0.3 is 4.98 Å². The van der Waals surface area contributed by atoms with Crippen molar-refractivity contribution >= 4 is 33.4 Å². The molecule has 4 rings (SSSR count). The third-order valence-electron chi connectivity index (χ3n) is 3.27. The molecule has 20 heavy (non-hydrogen) atoms. The van der Waals surface area contributed by atoms with Crippen molar-refractivity contribution in [1.29, 1.82) is 0 Å². The summed E-state index contributed by atoms with van der Waals surface area (Å²) in [5.41, 5.74) is 2.25. The number of fused-ring (bicyclic) bond motifs is 1. The lowest BCUT2D eigenvalue weighted by molar-refractivity contribution is 0.102. The SMILES string of the molecule is O=C(Nc1nnc(C2CC2)s1)c1ccc2[nH]cnc2c1. The van der Waals surface area contributed by atoms with Crippen molar-refractivity contribution in [1.82, 2.24) is 20.2 Å². The van der Waals surface area contributed by atoms with Crippen LogP contribution in [0, 0.1) is 0 Å². The summed E-state index contributed by atoms with van der Waals surface area (Å²) in [5, 5.41) is 12.5. The Morgan fingerprint density at radius 2 is 2.25 bits per heavy atom. The molecule has 3 aromatic rings. The third-order valence-corrected chi connectivity index (χ3v) is 4.27. The van der Waals surface area contributed by atoms with E-state index in [4.69, 9.17) is 0 Å². The smallest absolute Gasteiger partial charge is 0.257 e. The molecular weight excluding hydrogens is 274 g/mol. The van der Waals surface area contributed by atoms with E-state index in [9.17, 15) is 4.79 Å². The van der Waals surface area contributed by atoms with Gasteiger partial charge in [0.15, 0.2) is 0 Å². The van der Waals surface area contributed by atoms with Gasteiger partial charge >= 0.3 is 0 Å². The van der Waals surface area contributed by atoms with Gasteiger partial charge in [0, 0.05) is 11.5 Å². The van der Waals surface area contributed by atoms with Crippen LogP contribution >= 0.6 is 11.3 Å². The molecule has 0 spiro atoms. The number of nitrogens with zero attached hydrogens (tertiary/aromatic N) is 3. The fraction of sp³-hybridized carbons (Fsp3) is 0.231. The molecule has 2 aromatic heterocycles. The quantitative estimate of drug-likeness (QED) is 0.774. The monoisotopic (exact) mass is 285 g/mol. The maximum atomic E-state index is 12.2. The number of anilines is 1. The van der Waals surface area contributed by atoms with Crippen molar-refractivity contribution in [2.75, 3.05) is 5.32 Å². The molecule has 0 bridgehead atoms. The van der Waals surface area contributed by atoms with E-state index in [-0.39, 0.29) is 5.91 Å². The first-order valence-corrected chi connectivity index (χ1v) is 7.19. The summed E-state index contributed by atoms with van der Waals surface area (Å²) < 4.78 is 0. The van der Waals surface area contributed by atoms with E-state index >= 15 is 0 Å². The van der Waals surface area contributed by atoms with E-state index in [0.717, 1.165) is 16.0 Å². The number of benzene rings is 1. The lowest BCUT2D eigenvalue weighted by Gasteiger charge is -2.00. The number of nitrogens with one attached hydrogen (secondary N) is 2. The summed E-state index contributed by atoms with van der Waals surface area (Å²) in [5.74, 6) is 0.368. The fourth-order valence-corrected chi connectivity index (χ4v) is 2.93. The highest BCUT2D eigenvalue weighted by Crippen LogP contribution is 2.42. The van der Waals surface area contributed by atoms with Gasteiger partial charge in [-0.15, -0.1) is 10.2 Å². The van der Waals surface area contributed by atoms with Crippen LogP contribution in [0.1, 0.15) is 34.1 Å². The molecule has 2 N–H and O–H groups in total. The summed E-state index contributed by atoms with van der Waals surface area (Å²) in [6.07, 6.45) is 3.97. The van der Waals surface area contributed by atoms with E-state index in [1.54, 1.807) is 18.5 Å². The first kappa shape index (κ1) is 11.5. The zero-order valence-electron chi connectivity index (χ0n) is 10.5. The van der Waals surface area contributed by atoms with Crippen molar-refractivity contribution in [2.24, 2.45) is 0 Å². The summed E-state index contributed by atoms with van der Waals surface area (Å²) >= 11 is 1.46. The van der Waals surface area contributed by atoms with E-state index in [2.05, 4.69) is 25.5 Å². The van der Waals surface area contributed by atoms with Gasteiger partial charge in [0.2, 0.25) is 5.13 Å². The van der Waals surface area contributed by atoms with Crippen molar-refractivity contribution in [2.45, 2.75) is 18.8 Å². The Balaban J connectivity index is 1.55. The number of hydrogen-bond acceptors (Lipinski definition) is 5. The summed E-state index contributed by atoms with van der Waals surface area (Å²) in [6, 6.07) is 5.36. The number of amides is 1. The minimum atomic E-state index is -0.187. The Hall–Kier alpha value is -2.28. The number of aromatic nitrogens is 4. The van der Waals surface area contributed by atoms with E-state index < -0.39 is 0 Å². The van der Waals surface area contributed by atoms with Crippen LogP contribution in [0.15, 0.2) is 24.5 Å². The number of carbonyl (C=O) groups excluding carboxylic acids is 1. The molecule has 1 aliphatic carbocycles. The lowest BCUT2D eigenvalue weighted by Crippen LogP contribution is -2.11. The topological polar surface area (TPSA) is 83.6 Å². The Labute approximate surface area is 118 Å². The molecule has 2 heterocycles. The van der Waals surface area contributed by atoms with Gasteiger partial charge in [0.25, 0.3) is 5.91 Å². The van der Waals surface area contributed by atoms with Gasteiger partial charge in [-0.1, -0.05) is 11.3 Å². The van der Waals surface area contributed by atoms with Crippen LogP contribution in [0.5, 0.6) is 0 Å². The molecule has 1 amide bonds. The fourth-order valence-electron chi connectivity index (χ4n) is 2.02. The first-order valence-electron chi connectivity index (χ1n) is 6.37. The van der Waals surface area contributed by atoms with Crippen molar-refractivity contribution in [3.8, 4) is 0 Å². The third kappa shape index (κ3) is 2.05. The minimum Gasteiger partial charge on any atom is -0.345 e. The van der Waals surface area contributed by atoms with Crippen LogP contribution in [-0.2, 0) is 0 Å². The second-order valence-corrected chi connectivity index (χ2v) is 5.82. The van der Waals surface area contributed by atoms with Crippen LogP contribution < -0.4 is 5.32 Å². The largest absolute Gasteiger partial charge is 0.345 e. The molecule has 1 aliphatic rings. The number of aromatic amines is 1. The molecule has 1 saturated carbocycles. The molecule has 0 unspecified atom stereocenters. The zero-order chi connectivity index (χ0) is 13.5.